The van der Waals surface area contributed by atoms with Gasteiger partial charge in [-0.05, 0) is 103 Å². The predicted molar refractivity (Wildman–Crippen MR) is 129 cm³/mol. The van der Waals surface area contributed by atoms with Crippen molar-refractivity contribution in [3.05, 3.63) is 29.8 Å². The molecule has 2 N–H and O–H groups in total. The number of benzene rings is 1. The fourth-order valence-corrected chi connectivity index (χ4v) is 5.66. The number of piperidine rings is 2. The van der Waals surface area contributed by atoms with E-state index in [-0.39, 0.29) is 11.1 Å². The third-order valence-electron chi connectivity index (χ3n) is 6.42. The number of ether oxygens (including phenoxy) is 1. The quantitative estimate of drug-likeness (QED) is 0.690. The Balaban J connectivity index is 1.73. The van der Waals surface area contributed by atoms with Gasteiger partial charge in [-0.15, -0.1) is 0 Å². The molecular formula is C24H40N4OS. The average molecular weight is 433 g/mol. The van der Waals surface area contributed by atoms with Crippen LogP contribution in [0.3, 0.4) is 0 Å². The number of thiocarbonyl (C=S) groups is 1. The SMILES string of the molecule is COc1ccc(CN(C(=S)NC2CC(C)(C)NC(C)(C)C2)C2CCN(C)CC2)cc1. The third-order valence-corrected chi connectivity index (χ3v) is 6.77. The number of methoxy groups -OCH3 is 1. The minimum Gasteiger partial charge on any atom is -0.497 e. The van der Waals surface area contributed by atoms with Gasteiger partial charge in [0.25, 0.3) is 0 Å². The van der Waals surface area contributed by atoms with Gasteiger partial charge in [0.1, 0.15) is 5.75 Å². The summed E-state index contributed by atoms with van der Waals surface area (Å²) in [4.78, 5) is 4.85. The fraction of sp³-hybridized carbons (Fsp3) is 0.708. The first kappa shape index (κ1) is 23.3. The first-order valence-electron chi connectivity index (χ1n) is 11.2. The first-order chi connectivity index (χ1) is 14.1. The number of likely N-dealkylation sites (tertiary alicyclic amines) is 1. The molecule has 0 spiro atoms. The first-order valence-corrected chi connectivity index (χ1v) is 11.7. The average Bonchev–Trinajstić information content (AvgIpc) is 2.65. The smallest absolute Gasteiger partial charge is 0.169 e. The fourth-order valence-electron chi connectivity index (χ4n) is 5.28. The van der Waals surface area contributed by atoms with E-state index in [0.717, 1.165) is 56.2 Å². The molecule has 6 heteroatoms. The number of hydrogen-bond donors (Lipinski definition) is 2. The van der Waals surface area contributed by atoms with Crippen LogP contribution < -0.4 is 15.4 Å². The van der Waals surface area contributed by atoms with Crippen LogP contribution in [-0.2, 0) is 6.54 Å². The Morgan fingerprint density at radius 3 is 2.23 bits per heavy atom. The maximum atomic E-state index is 6.02. The lowest BCUT2D eigenvalue weighted by Crippen LogP contribution is -2.63. The monoisotopic (exact) mass is 432 g/mol. The maximum Gasteiger partial charge on any atom is 0.169 e. The summed E-state index contributed by atoms with van der Waals surface area (Å²) < 4.78 is 5.33. The molecule has 0 radical (unpaired) electrons. The Kier molecular flexibility index (Phi) is 7.31. The second-order valence-electron chi connectivity index (χ2n) is 10.5. The summed E-state index contributed by atoms with van der Waals surface area (Å²) >= 11 is 6.02. The van der Waals surface area contributed by atoms with Gasteiger partial charge >= 0.3 is 0 Å². The van der Waals surface area contributed by atoms with Gasteiger partial charge in [-0.25, -0.2) is 0 Å². The van der Waals surface area contributed by atoms with Crippen molar-refractivity contribution in [2.45, 2.75) is 83.1 Å². The molecule has 0 atom stereocenters. The normalized spacial score (nSPS) is 22.5. The van der Waals surface area contributed by atoms with Gasteiger partial charge in [-0.3, -0.25) is 0 Å². The molecule has 2 aliphatic rings. The summed E-state index contributed by atoms with van der Waals surface area (Å²) in [6.07, 6.45) is 4.44. The Hall–Kier alpha value is -1.37. The van der Waals surface area contributed by atoms with Gasteiger partial charge in [-0.2, -0.15) is 0 Å². The van der Waals surface area contributed by atoms with Gasteiger partial charge in [0.05, 0.1) is 7.11 Å². The van der Waals surface area contributed by atoms with Crippen molar-refractivity contribution in [3.8, 4) is 5.75 Å². The summed E-state index contributed by atoms with van der Waals surface area (Å²) in [7, 11) is 3.92. The maximum absolute atomic E-state index is 6.02. The van der Waals surface area contributed by atoms with E-state index in [4.69, 9.17) is 17.0 Å². The van der Waals surface area contributed by atoms with E-state index in [2.05, 4.69) is 67.3 Å². The second kappa shape index (κ2) is 9.41. The molecule has 2 aliphatic heterocycles. The van der Waals surface area contributed by atoms with Crippen molar-refractivity contribution in [3.63, 3.8) is 0 Å². The Bertz CT molecular complexity index is 694. The van der Waals surface area contributed by atoms with Crippen molar-refractivity contribution in [2.24, 2.45) is 0 Å². The molecule has 168 valence electrons. The largest absolute Gasteiger partial charge is 0.497 e. The van der Waals surface area contributed by atoms with Gasteiger partial charge in [-0.1, -0.05) is 12.1 Å². The lowest BCUT2D eigenvalue weighted by molar-refractivity contribution is 0.145. The molecule has 0 bridgehead atoms. The molecule has 5 nitrogen and oxygen atoms in total. The standard InChI is InChI=1S/C24H40N4OS/c1-23(2)15-19(16-24(3,4)26-23)25-22(30)28(20-11-13-27(5)14-12-20)17-18-7-9-21(29-6)10-8-18/h7-10,19-20,26H,11-17H2,1-6H3,(H,25,30). The van der Waals surface area contributed by atoms with Crippen molar-refractivity contribution < 1.29 is 4.74 Å². The van der Waals surface area contributed by atoms with E-state index in [0.29, 0.717) is 12.1 Å². The molecule has 0 unspecified atom stereocenters. The number of nitrogens with zero attached hydrogens (tertiary/aromatic N) is 2. The highest BCUT2D eigenvalue weighted by Gasteiger charge is 2.38. The summed E-state index contributed by atoms with van der Waals surface area (Å²) in [6.45, 7) is 12.2. The van der Waals surface area contributed by atoms with Gasteiger partial charge in [0.15, 0.2) is 5.11 Å². The molecule has 2 fully saturated rings. The van der Waals surface area contributed by atoms with E-state index in [1.165, 1.54) is 5.56 Å². The molecule has 0 amide bonds. The Morgan fingerprint density at radius 2 is 1.70 bits per heavy atom. The minimum absolute atomic E-state index is 0.101. The number of hydrogen-bond acceptors (Lipinski definition) is 4. The molecule has 3 rings (SSSR count). The summed E-state index contributed by atoms with van der Waals surface area (Å²) in [5, 5.41) is 8.43. The minimum atomic E-state index is 0.101. The van der Waals surface area contributed by atoms with Crippen molar-refractivity contribution >= 4 is 17.3 Å². The van der Waals surface area contributed by atoms with Crippen LogP contribution in [0.5, 0.6) is 5.75 Å². The zero-order valence-corrected chi connectivity index (χ0v) is 20.4. The van der Waals surface area contributed by atoms with E-state index < -0.39 is 0 Å². The van der Waals surface area contributed by atoms with Crippen LogP contribution in [-0.4, -0.2) is 65.3 Å². The van der Waals surface area contributed by atoms with Crippen LogP contribution in [0.25, 0.3) is 0 Å². The number of rotatable bonds is 5. The second-order valence-corrected chi connectivity index (χ2v) is 10.8. The third kappa shape index (κ3) is 6.32. The topological polar surface area (TPSA) is 39.8 Å². The van der Waals surface area contributed by atoms with E-state index in [1.807, 2.05) is 12.1 Å². The summed E-state index contributed by atoms with van der Waals surface area (Å²) in [5.74, 6) is 0.893. The molecule has 0 saturated carbocycles. The summed E-state index contributed by atoms with van der Waals surface area (Å²) in [6, 6.07) is 9.24. The molecule has 0 aromatic heterocycles. The van der Waals surface area contributed by atoms with E-state index >= 15 is 0 Å². The van der Waals surface area contributed by atoms with E-state index in [1.54, 1.807) is 7.11 Å². The van der Waals surface area contributed by atoms with Crippen LogP contribution in [0.4, 0.5) is 0 Å². The van der Waals surface area contributed by atoms with Crippen LogP contribution in [0, 0.1) is 0 Å². The van der Waals surface area contributed by atoms with Crippen LogP contribution >= 0.6 is 12.2 Å². The van der Waals surface area contributed by atoms with Crippen LogP contribution in [0.1, 0.15) is 58.9 Å². The number of nitrogens with one attached hydrogen (secondary N) is 2. The predicted octanol–water partition coefficient (Wildman–Crippen LogP) is 3.78. The highest BCUT2D eigenvalue weighted by atomic mass is 32.1. The molecule has 0 aliphatic carbocycles. The van der Waals surface area contributed by atoms with Crippen molar-refractivity contribution in [2.75, 3.05) is 27.2 Å². The highest BCUT2D eigenvalue weighted by molar-refractivity contribution is 7.80. The highest BCUT2D eigenvalue weighted by Crippen LogP contribution is 2.29. The van der Waals surface area contributed by atoms with Gasteiger partial charge in [0, 0.05) is 29.7 Å². The van der Waals surface area contributed by atoms with Crippen LogP contribution in [0.15, 0.2) is 24.3 Å². The zero-order valence-electron chi connectivity index (χ0n) is 19.6. The van der Waals surface area contributed by atoms with Crippen molar-refractivity contribution in [1.82, 2.24) is 20.4 Å². The molecule has 2 heterocycles. The van der Waals surface area contributed by atoms with Crippen molar-refractivity contribution in [1.29, 1.82) is 0 Å². The van der Waals surface area contributed by atoms with E-state index in [9.17, 15) is 0 Å². The Labute approximate surface area is 188 Å². The Morgan fingerprint density at radius 1 is 1.13 bits per heavy atom. The van der Waals surface area contributed by atoms with Gasteiger partial charge < -0.3 is 25.2 Å². The van der Waals surface area contributed by atoms with Gasteiger partial charge in [0.2, 0.25) is 0 Å². The molecule has 30 heavy (non-hydrogen) atoms. The van der Waals surface area contributed by atoms with Crippen LogP contribution in [0.2, 0.25) is 0 Å². The summed E-state index contributed by atoms with van der Waals surface area (Å²) in [5.41, 5.74) is 1.47. The molecule has 2 saturated heterocycles. The molecule has 1 aromatic carbocycles. The molecule has 1 aromatic rings. The zero-order chi connectivity index (χ0) is 21.9. The lowest BCUT2D eigenvalue weighted by Gasteiger charge is -2.48. The molecular weight excluding hydrogens is 392 g/mol. The lowest BCUT2D eigenvalue weighted by atomic mass is 9.79.